The van der Waals surface area contributed by atoms with Crippen molar-refractivity contribution in [3.8, 4) is 11.5 Å². The minimum Gasteiger partial charge on any atom is -0.457 e. The van der Waals surface area contributed by atoms with Crippen molar-refractivity contribution in [2.45, 2.75) is 0 Å². The number of anilines is 1. The van der Waals surface area contributed by atoms with Gasteiger partial charge in [-0.3, -0.25) is 0 Å². The van der Waals surface area contributed by atoms with Crippen LogP contribution in [-0.2, 0) is 0 Å². The quantitative estimate of drug-likeness (QED) is 0.791. The van der Waals surface area contributed by atoms with Gasteiger partial charge in [0.15, 0.2) is 5.11 Å². The maximum Gasteiger partial charge on any atom is 0.168 e. The molecule has 0 aliphatic heterocycles. The van der Waals surface area contributed by atoms with Crippen LogP contribution in [0.4, 0.5) is 5.69 Å². The van der Waals surface area contributed by atoms with Crippen molar-refractivity contribution in [3.05, 3.63) is 52.0 Å². The van der Waals surface area contributed by atoms with E-state index in [9.17, 15) is 0 Å². The van der Waals surface area contributed by atoms with Crippen molar-refractivity contribution >= 4 is 50.5 Å². The molecule has 0 atom stereocenters. The third-order valence-electron chi connectivity index (χ3n) is 2.25. The summed E-state index contributed by atoms with van der Waals surface area (Å²) in [6.07, 6.45) is 0. The first-order chi connectivity index (χ1) is 9.04. The van der Waals surface area contributed by atoms with E-state index in [0.29, 0.717) is 16.5 Å². The zero-order valence-corrected chi connectivity index (χ0v) is 12.8. The number of thiocarbonyl (C=S) groups is 1. The zero-order valence-electron chi connectivity index (χ0n) is 9.69. The number of hydrogen-bond donors (Lipinski definition) is 2. The van der Waals surface area contributed by atoms with Crippen molar-refractivity contribution in [1.29, 1.82) is 0 Å². The Hall–Kier alpha value is -1.30. The van der Waals surface area contributed by atoms with E-state index in [4.69, 9.17) is 34.3 Å². The fourth-order valence-electron chi connectivity index (χ4n) is 1.43. The highest BCUT2D eigenvalue weighted by Gasteiger charge is 2.04. The van der Waals surface area contributed by atoms with E-state index in [-0.39, 0.29) is 5.11 Å². The summed E-state index contributed by atoms with van der Waals surface area (Å²) in [5.41, 5.74) is 6.21. The standard InChI is InChI=1S/C13H10BrClN2OS/c14-11-7-10(5-6-12(11)17-13(16)19)18-9-3-1-8(15)2-4-9/h1-7H,(H3,16,17,19). The molecule has 3 nitrogen and oxygen atoms in total. The molecule has 3 N–H and O–H groups in total. The predicted molar refractivity (Wildman–Crippen MR) is 86.1 cm³/mol. The average molecular weight is 358 g/mol. The Morgan fingerprint density at radius 1 is 1.16 bits per heavy atom. The maximum absolute atomic E-state index is 5.81. The molecule has 0 saturated heterocycles. The smallest absolute Gasteiger partial charge is 0.168 e. The van der Waals surface area contributed by atoms with Crippen molar-refractivity contribution in [2.24, 2.45) is 5.73 Å². The average Bonchev–Trinajstić information content (AvgIpc) is 2.35. The SMILES string of the molecule is NC(=S)Nc1ccc(Oc2ccc(Cl)cc2)cc1Br. The van der Waals surface area contributed by atoms with E-state index in [1.165, 1.54) is 0 Å². The van der Waals surface area contributed by atoms with Crippen molar-refractivity contribution < 1.29 is 4.74 Å². The molecule has 0 aliphatic carbocycles. The van der Waals surface area contributed by atoms with Gasteiger partial charge in [-0.1, -0.05) is 11.6 Å². The lowest BCUT2D eigenvalue weighted by atomic mass is 10.3. The Balaban J connectivity index is 2.15. The van der Waals surface area contributed by atoms with E-state index in [2.05, 4.69) is 21.2 Å². The minimum atomic E-state index is 0.215. The van der Waals surface area contributed by atoms with Gasteiger partial charge < -0.3 is 15.8 Å². The van der Waals surface area contributed by atoms with Crippen LogP contribution in [0.3, 0.4) is 0 Å². The molecule has 0 saturated carbocycles. The molecule has 2 rings (SSSR count). The van der Waals surface area contributed by atoms with E-state index in [1.807, 2.05) is 18.2 Å². The number of halogens is 2. The van der Waals surface area contributed by atoms with Crippen molar-refractivity contribution in [3.63, 3.8) is 0 Å². The molecule has 19 heavy (non-hydrogen) atoms. The van der Waals surface area contributed by atoms with Crippen LogP contribution in [0.15, 0.2) is 46.9 Å². The summed E-state index contributed by atoms with van der Waals surface area (Å²) in [5, 5.41) is 3.75. The van der Waals surface area contributed by atoms with Crippen molar-refractivity contribution in [2.75, 3.05) is 5.32 Å². The van der Waals surface area contributed by atoms with Crippen LogP contribution < -0.4 is 15.8 Å². The van der Waals surface area contributed by atoms with E-state index >= 15 is 0 Å². The second kappa shape index (κ2) is 6.23. The van der Waals surface area contributed by atoms with Gasteiger partial charge in [-0.25, -0.2) is 0 Å². The van der Waals surface area contributed by atoms with E-state index < -0.39 is 0 Å². The first-order valence-corrected chi connectivity index (χ1v) is 6.92. The molecule has 2 aromatic carbocycles. The topological polar surface area (TPSA) is 47.3 Å². The molecule has 98 valence electrons. The summed E-state index contributed by atoms with van der Waals surface area (Å²) in [6.45, 7) is 0. The van der Waals surface area contributed by atoms with Crippen LogP contribution in [0.25, 0.3) is 0 Å². The molecule has 0 radical (unpaired) electrons. The van der Waals surface area contributed by atoms with Crippen LogP contribution in [0.1, 0.15) is 0 Å². The Morgan fingerprint density at radius 3 is 2.37 bits per heavy atom. The Kier molecular flexibility index (Phi) is 4.63. The largest absolute Gasteiger partial charge is 0.457 e. The predicted octanol–water partition coefficient (Wildman–Crippen LogP) is 4.55. The summed E-state index contributed by atoms with van der Waals surface area (Å²) in [6, 6.07) is 12.6. The third-order valence-corrected chi connectivity index (χ3v) is 3.26. The molecule has 0 amide bonds. The van der Waals surface area contributed by atoms with Gasteiger partial charge in [0.25, 0.3) is 0 Å². The lowest BCUT2D eigenvalue weighted by Gasteiger charge is -2.10. The number of nitrogens with two attached hydrogens (primary N) is 1. The molecule has 0 bridgehead atoms. The van der Waals surface area contributed by atoms with Gasteiger partial charge in [-0.05, 0) is 70.6 Å². The Labute approximate surface area is 129 Å². The molecule has 6 heteroatoms. The molecule has 0 fully saturated rings. The van der Waals surface area contributed by atoms with Crippen LogP contribution in [-0.4, -0.2) is 5.11 Å². The highest BCUT2D eigenvalue weighted by Crippen LogP contribution is 2.30. The van der Waals surface area contributed by atoms with Gasteiger partial charge >= 0.3 is 0 Å². The van der Waals surface area contributed by atoms with Gasteiger partial charge in [0, 0.05) is 9.50 Å². The highest BCUT2D eigenvalue weighted by molar-refractivity contribution is 9.10. The number of hydrogen-bond acceptors (Lipinski definition) is 2. The molecule has 2 aromatic rings. The summed E-state index contributed by atoms with van der Waals surface area (Å²) >= 11 is 14.0. The van der Waals surface area contributed by atoms with Crippen LogP contribution >= 0.6 is 39.7 Å². The molecule has 0 heterocycles. The lowest BCUT2D eigenvalue weighted by Crippen LogP contribution is -2.19. The molecular formula is C13H10BrClN2OS. The van der Waals surface area contributed by atoms with E-state index in [0.717, 1.165) is 10.2 Å². The van der Waals surface area contributed by atoms with Gasteiger partial charge in [-0.15, -0.1) is 0 Å². The zero-order chi connectivity index (χ0) is 13.8. The molecular weight excluding hydrogens is 348 g/mol. The molecule has 0 aromatic heterocycles. The number of benzene rings is 2. The van der Waals surface area contributed by atoms with E-state index in [1.54, 1.807) is 24.3 Å². The fourth-order valence-corrected chi connectivity index (χ4v) is 2.13. The first-order valence-electron chi connectivity index (χ1n) is 5.34. The Morgan fingerprint density at radius 2 is 1.79 bits per heavy atom. The monoisotopic (exact) mass is 356 g/mol. The normalized spacial score (nSPS) is 10.0. The first kappa shape index (κ1) is 14.1. The van der Waals surface area contributed by atoms with Gasteiger partial charge in [-0.2, -0.15) is 0 Å². The van der Waals surface area contributed by atoms with Gasteiger partial charge in [0.05, 0.1) is 5.69 Å². The van der Waals surface area contributed by atoms with Crippen molar-refractivity contribution in [1.82, 2.24) is 0 Å². The molecule has 0 unspecified atom stereocenters. The van der Waals surface area contributed by atoms with Crippen LogP contribution in [0, 0.1) is 0 Å². The number of rotatable bonds is 3. The number of nitrogens with one attached hydrogen (secondary N) is 1. The summed E-state index contributed by atoms with van der Waals surface area (Å²) in [7, 11) is 0. The second-order valence-electron chi connectivity index (χ2n) is 3.69. The van der Waals surface area contributed by atoms with Gasteiger partial charge in [0.1, 0.15) is 11.5 Å². The fraction of sp³-hybridized carbons (Fsp3) is 0. The Bertz CT molecular complexity index is 604. The second-order valence-corrected chi connectivity index (χ2v) is 5.42. The summed E-state index contributed by atoms with van der Waals surface area (Å²) < 4.78 is 6.51. The van der Waals surface area contributed by atoms with Crippen LogP contribution in [0.5, 0.6) is 11.5 Å². The highest BCUT2D eigenvalue weighted by atomic mass is 79.9. The maximum atomic E-state index is 5.81. The molecule has 0 aliphatic rings. The van der Waals surface area contributed by atoms with Crippen LogP contribution in [0.2, 0.25) is 5.02 Å². The van der Waals surface area contributed by atoms with Gasteiger partial charge in [0.2, 0.25) is 0 Å². The third kappa shape index (κ3) is 4.09. The molecule has 0 spiro atoms. The summed E-state index contributed by atoms with van der Waals surface area (Å²) in [5.74, 6) is 1.41. The minimum absolute atomic E-state index is 0.215. The summed E-state index contributed by atoms with van der Waals surface area (Å²) in [4.78, 5) is 0. The lowest BCUT2D eigenvalue weighted by molar-refractivity contribution is 0.482. The number of ether oxygens (including phenoxy) is 1.